The van der Waals surface area contributed by atoms with Crippen molar-refractivity contribution in [2.24, 2.45) is 0 Å². The Morgan fingerprint density at radius 1 is 1.65 bits per heavy atom. The zero-order chi connectivity index (χ0) is 13.1. The van der Waals surface area contributed by atoms with Gasteiger partial charge in [-0.1, -0.05) is 6.08 Å². The Labute approximate surface area is 119 Å². The molecule has 2 unspecified atom stereocenters. The Morgan fingerprint density at radius 2 is 2.29 bits per heavy atom. The van der Waals surface area contributed by atoms with Gasteiger partial charge >= 0.3 is 0 Å². The van der Waals surface area contributed by atoms with E-state index in [1.165, 1.54) is 4.88 Å². The molecule has 0 fully saturated rings. The topological polar surface area (TPSA) is 35.1 Å². The lowest BCUT2D eigenvalue weighted by atomic mass is 10.2. The van der Waals surface area contributed by atoms with E-state index in [0.717, 1.165) is 10.9 Å². The van der Waals surface area contributed by atoms with Crippen LogP contribution in [0.1, 0.15) is 38.1 Å². The Morgan fingerprint density at radius 3 is 2.71 bits per heavy atom. The molecule has 1 aromatic heterocycles. The van der Waals surface area contributed by atoms with Gasteiger partial charge in [0, 0.05) is 26.1 Å². The van der Waals surface area contributed by atoms with Crippen LogP contribution >= 0.6 is 27.3 Å². The van der Waals surface area contributed by atoms with Crippen molar-refractivity contribution >= 4 is 38.6 Å². The SMILES string of the molecule is C=CCC(N[S+]([O-])C(C)(C)C)c1cc(Br)cs1. The Kier molecular flexibility index (Phi) is 5.73. The van der Waals surface area contributed by atoms with E-state index in [0.29, 0.717) is 0 Å². The van der Waals surface area contributed by atoms with E-state index < -0.39 is 11.4 Å². The molecule has 1 rings (SSSR count). The highest BCUT2D eigenvalue weighted by Crippen LogP contribution is 2.29. The molecule has 0 aromatic carbocycles. The molecule has 17 heavy (non-hydrogen) atoms. The van der Waals surface area contributed by atoms with Gasteiger partial charge < -0.3 is 4.55 Å². The second-order valence-electron chi connectivity index (χ2n) is 4.74. The third-order valence-corrected chi connectivity index (χ3v) is 5.56. The van der Waals surface area contributed by atoms with Crippen LogP contribution in [0.25, 0.3) is 0 Å². The van der Waals surface area contributed by atoms with Crippen LogP contribution in [-0.2, 0) is 11.4 Å². The molecule has 1 N–H and O–H groups in total. The zero-order valence-electron chi connectivity index (χ0n) is 10.3. The normalized spacial score (nSPS) is 15.6. The zero-order valence-corrected chi connectivity index (χ0v) is 13.5. The van der Waals surface area contributed by atoms with Crippen molar-refractivity contribution in [2.75, 3.05) is 0 Å². The maximum atomic E-state index is 12.1. The van der Waals surface area contributed by atoms with Crippen molar-refractivity contribution in [3.63, 3.8) is 0 Å². The fourth-order valence-electron chi connectivity index (χ4n) is 1.21. The van der Waals surface area contributed by atoms with E-state index in [1.807, 2.05) is 32.2 Å². The van der Waals surface area contributed by atoms with Crippen molar-refractivity contribution in [1.29, 1.82) is 0 Å². The highest BCUT2D eigenvalue weighted by molar-refractivity contribution is 9.10. The van der Waals surface area contributed by atoms with E-state index in [9.17, 15) is 4.55 Å². The first-order valence-electron chi connectivity index (χ1n) is 5.37. The molecule has 0 aliphatic heterocycles. The molecule has 0 saturated heterocycles. The van der Waals surface area contributed by atoms with Crippen LogP contribution in [0.2, 0.25) is 0 Å². The van der Waals surface area contributed by atoms with Gasteiger partial charge in [-0.2, -0.15) is 0 Å². The number of nitrogens with one attached hydrogen (secondary N) is 1. The average molecular weight is 336 g/mol. The van der Waals surface area contributed by atoms with Crippen molar-refractivity contribution in [2.45, 2.75) is 38.0 Å². The van der Waals surface area contributed by atoms with Gasteiger partial charge in [0.2, 0.25) is 0 Å². The highest BCUT2D eigenvalue weighted by Gasteiger charge is 2.29. The van der Waals surface area contributed by atoms with Crippen LogP contribution in [-0.4, -0.2) is 9.30 Å². The molecular weight excluding hydrogens is 318 g/mol. The quantitative estimate of drug-likeness (QED) is 0.647. The number of thiophene rings is 1. The molecule has 5 heteroatoms. The molecule has 0 amide bonds. The van der Waals surface area contributed by atoms with Gasteiger partial charge in [0.1, 0.15) is 4.75 Å². The lowest BCUT2D eigenvalue weighted by Gasteiger charge is -2.27. The van der Waals surface area contributed by atoms with Gasteiger partial charge in [0.05, 0.1) is 6.04 Å². The van der Waals surface area contributed by atoms with E-state index in [4.69, 9.17) is 0 Å². The fraction of sp³-hybridized carbons (Fsp3) is 0.500. The number of hydrogen-bond donors (Lipinski definition) is 1. The van der Waals surface area contributed by atoms with E-state index >= 15 is 0 Å². The maximum Gasteiger partial charge on any atom is 0.136 e. The summed E-state index contributed by atoms with van der Waals surface area (Å²) < 4.78 is 16.1. The van der Waals surface area contributed by atoms with Crippen molar-refractivity contribution in [3.05, 3.63) is 33.5 Å². The van der Waals surface area contributed by atoms with Crippen LogP contribution in [0.3, 0.4) is 0 Å². The fourth-order valence-corrected chi connectivity index (χ4v) is 3.63. The lowest BCUT2D eigenvalue weighted by Crippen LogP contribution is -2.41. The van der Waals surface area contributed by atoms with Gasteiger partial charge in [-0.25, -0.2) is 0 Å². The molecule has 0 radical (unpaired) electrons. The van der Waals surface area contributed by atoms with Crippen LogP contribution < -0.4 is 4.72 Å². The molecule has 96 valence electrons. The van der Waals surface area contributed by atoms with E-state index in [2.05, 4.69) is 33.3 Å². The summed E-state index contributed by atoms with van der Waals surface area (Å²) in [7, 11) is 0. The Bertz CT molecular complexity index is 373. The summed E-state index contributed by atoms with van der Waals surface area (Å²) in [5.41, 5.74) is 0. The van der Waals surface area contributed by atoms with Gasteiger partial charge in [-0.05, 0) is 49.2 Å². The van der Waals surface area contributed by atoms with Crippen LogP contribution in [0, 0.1) is 0 Å². The molecule has 2 atom stereocenters. The third kappa shape index (κ3) is 4.75. The minimum atomic E-state index is -1.07. The summed E-state index contributed by atoms with van der Waals surface area (Å²) in [6.45, 7) is 9.65. The summed E-state index contributed by atoms with van der Waals surface area (Å²) in [6, 6.07) is 2.13. The second kappa shape index (κ2) is 6.38. The molecule has 1 heterocycles. The summed E-state index contributed by atoms with van der Waals surface area (Å²) in [6.07, 6.45) is 2.62. The van der Waals surface area contributed by atoms with E-state index in [1.54, 1.807) is 11.3 Å². The number of halogens is 1. The van der Waals surface area contributed by atoms with Crippen molar-refractivity contribution < 1.29 is 4.55 Å². The molecule has 0 spiro atoms. The van der Waals surface area contributed by atoms with Crippen LogP contribution in [0.15, 0.2) is 28.6 Å². The summed E-state index contributed by atoms with van der Waals surface area (Å²) in [5, 5.41) is 2.03. The predicted molar refractivity (Wildman–Crippen MR) is 80.6 cm³/mol. The average Bonchev–Trinajstić information content (AvgIpc) is 2.62. The first-order valence-corrected chi connectivity index (χ1v) is 8.19. The largest absolute Gasteiger partial charge is 0.598 e. The lowest BCUT2D eigenvalue weighted by molar-refractivity contribution is 0.526. The summed E-state index contributed by atoms with van der Waals surface area (Å²) in [5.74, 6) is 0. The van der Waals surface area contributed by atoms with E-state index in [-0.39, 0.29) is 10.8 Å². The third-order valence-electron chi connectivity index (χ3n) is 2.14. The smallest absolute Gasteiger partial charge is 0.136 e. The Hall–Kier alpha value is 0.190. The summed E-state index contributed by atoms with van der Waals surface area (Å²) in [4.78, 5) is 1.18. The van der Waals surface area contributed by atoms with Crippen LogP contribution in [0.4, 0.5) is 0 Å². The summed E-state index contributed by atoms with van der Waals surface area (Å²) >= 11 is 4.03. The first-order chi connectivity index (χ1) is 7.84. The van der Waals surface area contributed by atoms with Crippen LogP contribution in [0.5, 0.6) is 0 Å². The first kappa shape index (κ1) is 15.2. The monoisotopic (exact) mass is 335 g/mol. The molecule has 0 aliphatic rings. The van der Waals surface area contributed by atoms with Crippen molar-refractivity contribution in [3.8, 4) is 0 Å². The second-order valence-corrected chi connectivity index (χ2v) is 8.60. The van der Waals surface area contributed by atoms with Gasteiger partial charge in [-0.3, -0.25) is 0 Å². The molecule has 0 bridgehead atoms. The number of rotatable bonds is 5. The molecular formula is C12H18BrNOS2. The predicted octanol–water partition coefficient (Wildman–Crippen LogP) is 4.18. The maximum absolute atomic E-state index is 12.1. The van der Waals surface area contributed by atoms with Crippen molar-refractivity contribution in [1.82, 2.24) is 4.72 Å². The standard InChI is InChI=1S/C12H18BrNOS2/c1-5-6-10(11-7-9(13)8-16-11)14-17(15)12(2,3)4/h5,7-8,10,14H,1,6H2,2-4H3. The molecule has 2 nitrogen and oxygen atoms in total. The minimum absolute atomic E-state index is 0.0730. The highest BCUT2D eigenvalue weighted by atomic mass is 79.9. The van der Waals surface area contributed by atoms with Gasteiger partial charge in [0.25, 0.3) is 0 Å². The molecule has 0 aliphatic carbocycles. The van der Waals surface area contributed by atoms with Gasteiger partial charge in [-0.15, -0.1) is 22.6 Å². The Balaban J connectivity index is 2.77. The minimum Gasteiger partial charge on any atom is -0.598 e. The number of hydrogen-bond acceptors (Lipinski definition) is 3. The molecule has 1 aromatic rings. The van der Waals surface area contributed by atoms with Gasteiger partial charge in [0.15, 0.2) is 0 Å². The molecule has 0 saturated carbocycles.